The minimum atomic E-state index is -0.0518. The van der Waals surface area contributed by atoms with Gasteiger partial charge in [-0.2, -0.15) is 0 Å². The number of benzene rings is 2. The third-order valence-corrected chi connectivity index (χ3v) is 3.75. The predicted molar refractivity (Wildman–Crippen MR) is 90.7 cm³/mol. The molecule has 110 valence electrons. The molecule has 0 radical (unpaired) electrons. The molecule has 0 bridgehead atoms. The number of anilines is 1. The van der Waals surface area contributed by atoms with Crippen molar-refractivity contribution in [3.05, 3.63) is 63.6 Å². The standard InChI is InChI=1S/C17H19BrN2O/c1-3-19-16-9-6-14(10-12(16)2)17(21)20-11-13-4-7-15(18)8-5-13/h4-10,19H,3,11H2,1-2H3,(H,20,21). The van der Waals surface area contributed by atoms with Gasteiger partial charge in [-0.05, 0) is 55.3 Å². The lowest BCUT2D eigenvalue weighted by Crippen LogP contribution is -2.22. The Bertz CT molecular complexity index is 623. The van der Waals surface area contributed by atoms with Crippen LogP contribution in [0, 0.1) is 6.92 Å². The van der Waals surface area contributed by atoms with E-state index in [1.54, 1.807) is 0 Å². The van der Waals surface area contributed by atoms with Gasteiger partial charge in [-0.3, -0.25) is 4.79 Å². The van der Waals surface area contributed by atoms with Crippen molar-refractivity contribution in [2.45, 2.75) is 20.4 Å². The zero-order valence-corrected chi connectivity index (χ0v) is 13.8. The molecule has 2 rings (SSSR count). The zero-order valence-electron chi connectivity index (χ0n) is 12.2. The highest BCUT2D eigenvalue weighted by atomic mass is 79.9. The number of aryl methyl sites for hydroxylation is 1. The van der Waals surface area contributed by atoms with E-state index in [1.165, 1.54) is 0 Å². The summed E-state index contributed by atoms with van der Waals surface area (Å²) in [6, 6.07) is 13.6. The fourth-order valence-electron chi connectivity index (χ4n) is 2.08. The first-order valence-electron chi connectivity index (χ1n) is 6.97. The first-order valence-corrected chi connectivity index (χ1v) is 7.76. The van der Waals surface area contributed by atoms with Crippen LogP contribution in [0.5, 0.6) is 0 Å². The molecule has 0 heterocycles. The predicted octanol–water partition coefficient (Wildman–Crippen LogP) is 4.12. The lowest BCUT2D eigenvalue weighted by molar-refractivity contribution is 0.0951. The van der Waals surface area contributed by atoms with Crippen LogP contribution in [-0.2, 0) is 6.54 Å². The van der Waals surface area contributed by atoms with E-state index in [-0.39, 0.29) is 5.91 Å². The Morgan fingerprint density at radius 2 is 1.86 bits per heavy atom. The van der Waals surface area contributed by atoms with Crippen molar-refractivity contribution in [2.75, 3.05) is 11.9 Å². The second-order valence-corrected chi connectivity index (χ2v) is 5.78. The molecule has 0 saturated carbocycles. The van der Waals surface area contributed by atoms with E-state index in [4.69, 9.17) is 0 Å². The van der Waals surface area contributed by atoms with E-state index < -0.39 is 0 Å². The Labute approximate surface area is 133 Å². The second kappa shape index (κ2) is 7.27. The molecule has 0 aliphatic carbocycles. The Kier molecular flexibility index (Phi) is 5.39. The molecule has 0 fully saturated rings. The highest BCUT2D eigenvalue weighted by molar-refractivity contribution is 9.10. The average molecular weight is 347 g/mol. The molecule has 0 aromatic heterocycles. The topological polar surface area (TPSA) is 41.1 Å². The lowest BCUT2D eigenvalue weighted by Gasteiger charge is -2.10. The minimum Gasteiger partial charge on any atom is -0.385 e. The van der Waals surface area contributed by atoms with E-state index in [0.717, 1.165) is 27.8 Å². The number of nitrogens with one attached hydrogen (secondary N) is 2. The largest absolute Gasteiger partial charge is 0.385 e. The molecule has 3 nitrogen and oxygen atoms in total. The summed E-state index contributed by atoms with van der Waals surface area (Å²) in [6.45, 7) is 5.46. The molecule has 0 aliphatic heterocycles. The van der Waals surface area contributed by atoms with E-state index in [9.17, 15) is 4.79 Å². The number of hydrogen-bond acceptors (Lipinski definition) is 2. The molecule has 1 amide bonds. The summed E-state index contributed by atoms with van der Waals surface area (Å²) in [5.74, 6) is -0.0518. The number of carbonyl (C=O) groups excluding carboxylic acids is 1. The monoisotopic (exact) mass is 346 g/mol. The molecule has 0 saturated heterocycles. The Hall–Kier alpha value is -1.81. The van der Waals surface area contributed by atoms with E-state index in [1.807, 2.05) is 49.4 Å². The number of rotatable bonds is 5. The maximum atomic E-state index is 12.2. The minimum absolute atomic E-state index is 0.0518. The van der Waals surface area contributed by atoms with Crippen LogP contribution < -0.4 is 10.6 Å². The number of carbonyl (C=O) groups is 1. The molecule has 0 aliphatic rings. The highest BCUT2D eigenvalue weighted by Gasteiger charge is 2.07. The summed E-state index contributed by atoms with van der Waals surface area (Å²) in [5, 5.41) is 6.21. The van der Waals surface area contributed by atoms with Crippen LogP contribution in [0.15, 0.2) is 46.9 Å². The molecule has 2 aromatic rings. The van der Waals surface area contributed by atoms with Gasteiger partial charge in [0.05, 0.1) is 0 Å². The number of halogens is 1. The van der Waals surface area contributed by atoms with Gasteiger partial charge >= 0.3 is 0 Å². The molecule has 0 atom stereocenters. The van der Waals surface area contributed by atoms with Crippen molar-refractivity contribution in [3.8, 4) is 0 Å². The van der Waals surface area contributed by atoms with Crippen molar-refractivity contribution in [2.24, 2.45) is 0 Å². The van der Waals surface area contributed by atoms with Gasteiger partial charge < -0.3 is 10.6 Å². The van der Waals surface area contributed by atoms with Crippen LogP contribution in [0.1, 0.15) is 28.4 Å². The molecular formula is C17H19BrN2O. The Morgan fingerprint density at radius 1 is 1.14 bits per heavy atom. The van der Waals surface area contributed by atoms with Gasteiger partial charge in [0, 0.05) is 28.8 Å². The van der Waals surface area contributed by atoms with Crippen LogP contribution >= 0.6 is 15.9 Å². The number of hydrogen-bond donors (Lipinski definition) is 2. The average Bonchev–Trinajstić information content (AvgIpc) is 2.48. The summed E-state index contributed by atoms with van der Waals surface area (Å²) < 4.78 is 1.03. The fraction of sp³-hybridized carbons (Fsp3) is 0.235. The fourth-order valence-corrected chi connectivity index (χ4v) is 2.34. The van der Waals surface area contributed by atoms with Gasteiger partial charge in [0.1, 0.15) is 0 Å². The van der Waals surface area contributed by atoms with Crippen molar-refractivity contribution in [1.82, 2.24) is 5.32 Å². The normalized spacial score (nSPS) is 10.2. The van der Waals surface area contributed by atoms with E-state index in [0.29, 0.717) is 12.1 Å². The van der Waals surface area contributed by atoms with Gasteiger partial charge in [-0.15, -0.1) is 0 Å². The molecule has 2 N–H and O–H groups in total. The van der Waals surface area contributed by atoms with Crippen molar-refractivity contribution >= 4 is 27.5 Å². The van der Waals surface area contributed by atoms with Crippen molar-refractivity contribution in [1.29, 1.82) is 0 Å². The maximum absolute atomic E-state index is 12.2. The summed E-state index contributed by atoms with van der Waals surface area (Å²) in [5.41, 5.74) is 3.91. The third kappa shape index (κ3) is 4.33. The highest BCUT2D eigenvalue weighted by Crippen LogP contribution is 2.16. The van der Waals surface area contributed by atoms with Gasteiger partial charge in [-0.1, -0.05) is 28.1 Å². The van der Waals surface area contributed by atoms with Crippen LogP contribution in [0.3, 0.4) is 0 Å². The Balaban J connectivity index is 2.00. The van der Waals surface area contributed by atoms with Crippen LogP contribution in [0.4, 0.5) is 5.69 Å². The Morgan fingerprint density at radius 3 is 2.48 bits per heavy atom. The number of amides is 1. The molecule has 0 unspecified atom stereocenters. The quantitative estimate of drug-likeness (QED) is 0.854. The first kappa shape index (κ1) is 15.6. The van der Waals surface area contributed by atoms with E-state index >= 15 is 0 Å². The summed E-state index contributed by atoms with van der Waals surface area (Å²) in [6.07, 6.45) is 0. The van der Waals surface area contributed by atoms with Crippen LogP contribution in [0.2, 0.25) is 0 Å². The molecule has 4 heteroatoms. The van der Waals surface area contributed by atoms with Gasteiger partial charge in [0.15, 0.2) is 0 Å². The molecule has 0 spiro atoms. The zero-order chi connectivity index (χ0) is 15.2. The molecule has 21 heavy (non-hydrogen) atoms. The van der Waals surface area contributed by atoms with E-state index in [2.05, 4.69) is 33.5 Å². The third-order valence-electron chi connectivity index (χ3n) is 3.22. The summed E-state index contributed by atoms with van der Waals surface area (Å²) in [7, 11) is 0. The summed E-state index contributed by atoms with van der Waals surface area (Å²) >= 11 is 3.40. The maximum Gasteiger partial charge on any atom is 0.251 e. The first-order chi connectivity index (χ1) is 10.1. The van der Waals surface area contributed by atoms with Gasteiger partial charge in [-0.25, -0.2) is 0 Å². The molecular weight excluding hydrogens is 328 g/mol. The van der Waals surface area contributed by atoms with Crippen molar-refractivity contribution in [3.63, 3.8) is 0 Å². The van der Waals surface area contributed by atoms with Gasteiger partial charge in [0.25, 0.3) is 5.91 Å². The van der Waals surface area contributed by atoms with Gasteiger partial charge in [0.2, 0.25) is 0 Å². The smallest absolute Gasteiger partial charge is 0.251 e. The lowest BCUT2D eigenvalue weighted by atomic mass is 10.1. The van der Waals surface area contributed by atoms with Crippen molar-refractivity contribution < 1.29 is 4.79 Å². The van der Waals surface area contributed by atoms with Crippen LogP contribution in [0.25, 0.3) is 0 Å². The summed E-state index contributed by atoms with van der Waals surface area (Å²) in [4.78, 5) is 12.2. The molecule has 2 aromatic carbocycles. The SMILES string of the molecule is CCNc1ccc(C(=O)NCc2ccc(Br)cc2)cc1C. The van der Waals surface area contributed by atoms with Crippen LogP contribution in [-0.4, -0.2) is 12.5 Å². The second-order valence-electron chi connectivity index (χ2n) is 4.87.